The molecular formula is C13H23N3O4S. The van der Waals surface area contributed by atoms with E-state index in [4.69, 9.17) is 5.73 Å². The van der Waals surface area contributed by atoms with Crippen LogP contribution in [0.4, 0.5) is 0 Å². The Balaban J connectivity index is 2.17. The highest BCUT2D eigenvalue weighted by molar-refractivity contribution is 7.99. The first kappa shape index (κ1) is 17.8. The fourth-order valence-corrected chi connectivity index (χ4v) is 2.92. The first-order valence-electron chi connectivity index (χ1n) is 6.90. The van der Waals surface area contributed by atoms with Gasteiger partial charge in [0.1, 0.15) is 6.04 Å². The second kappa shape index (κ2) is 8.89. The molecular weight excluding hydrogens is 294 g/mol. The van der Waals surface area contributed by atoms with E-state index in [0.717, 1.165) is 0 Å². The summed E-state index contributed by atoms with van der Waals surface area (Å²) in [6.45, 7) is 3.90. The molecule has 1 unspecified atom stereocenters. The van der Waals surface area contributed by atoms with E-state index in [2.05, 4.69) is 4.74 Å². The van der Waals surface area contributed by atoms with E-state index in [1.54, 1.807) is 9.80 Å². The van der Waals surface area contributed by atoms with Crippen molar-refractivity contribution in [2.24, 2.45) is 5.73 Å². The largest absolute Gasteiger partial charge is 0.468 e. The molecule has 1 atom stereocenters. The van der Waals surface area contributed by atoms with Gasteiger partial charge in [0.25, 0.3) is 0 Å². The van der Waals surface area contributed by atoms with Gasteiger partial charge in [-0.1, -0.05) is 0 Å². The molecule has 2 amide bonds. The number of amides is 2. The van der Waals surface area contributed by atoms with Crippen LogP contribution in [0.3, 0.4) is 0 Å². The quantitative estimate of drug-likeness (QED) is 0.514. The zero-order valence-electron chi connectivity index (χ0n) is 12.5. The molecule has 0 aromatic carbocycles. The number of ether oxygens (including phenoxy) is 1. The van der Waals surface area contributed by atoms with E-state index in [-0.39, 0.29) is 11.8 Å². The highest BCUT2D eigenvalue weighted by Crippen LogP contribution is 2.09. The molecule has 1 aliphatic heterocycles. The van der Waals surface area contributed by atoms with E-state index in [0.29, 0.717) is 44.1 Å². The summed E-state index contributed by atoms with van der Waals surface area (Å²) < 4.78 is 4.53. The molecule has 0 aromatic heterocycles. The summed E-state index contributed by atoms with van der Waals surface area (Å²) in [6, 6.07) is -0.628. The normalized spacial score (nSPS) is 16.5. The molecule has 120 valence electrons. The zero-order chi connectivity index (χ0) is 15.8. The molecule has 1 heterocycles. The van der Waals surface area contributed by atoms with Crippen LogP contribution < -0.4 is 5.73 Å². The van der Waals surface area contributed by atoms with Crippen LogP contribution in [0.15, 0.2) is 0 Å². The van der Waals surface area contributed by atoms with Crippen molar-refractivity contribution in [2.75, 3.05) is 44.8 Å². The van der Waals surface area contributed by atoms with Crippen molar-refractivity contribution in [3.63, 3.8) is 0 Å². The number of piperazine rings is 1. The fourth-order valence-electron chi connectivity index (χ4n) is 2.00. The average Bonchev–Trinajstić information content (AvgIpc) is 2.50. The number of nitrogens with two attached hydrogens (primary N) is 1. The lowest BCUT2D eigenvalue weighted by molar-refractivity contribution is -0.142. The van der Waals surface area contributed by atoms with Gasteiger partial charge in [-0.05, 0) is 12.2 Å². The second-order valence-corrected chi connectivity index (χ2v) is 5.96. The van der Waals surface area contributed by atoms with Crippen LogP contribution in [0.5, 0.6) is 0 Å². The molecule has 1 saturated heterocycles. The third kappa shape index (κ3) is 5.92. The number of hydrogen-bond donors (Lipinski definition) is 1. The SMILES string of the molecule is COC(=O)C(N)CCSCC(=O)N1CCN(C(C)=O)CC1. The van der Waals surface area contributed by atoms with Gasteiger partial charge < -0.3 is 20.3 Å². The number of rotatable bonds is 6. The summed E-state index contributed by atoms with van der Waals surface area (Å²) >= 11 is 1.46. The molecule has 0 bridgehead atoms. The fraction of sp³-hybridized carbons (Fsp3) is 0.769. The van der Waals surface area contributed by atoms with Crippen LogP contribution in [-0.4, -0.2) is 78.4 Å². The maximum absolute atomic E-state index is 12.0. The van der Waals surface area contributed by atoms with Gasteiger partial charge in [-0.15, -0.1) is 0 Å². The molecule has 0 aromatic rings. The van der Waals surface area contributed by atoms with Crippen molar-refractivity contribution in [2.45, 2.75) is 19.4 Å². The topological polar surface area (TPSA) is 92.9 Å². The molecule has 1 aliphatic rings. The summed E-state index contributed by atoms with van der Waals surface area (Å²) in [4.78, 5) is 37.8. The van der Waals surface area contributed by atoms with Crippen molar-refractivity contribution < 1.29 is 19.1 Å². The lowest BCUT2D eigenvalue weighted by atomic mass is 10.2. The summed E-state index contributed by atoms with van der Waals surface area (Å²) in [7, 11) is 1.31. The van der Waals surface area contributed by atoms with Crippen molar-refractivity contribution >= 4 is 29.5 Å². The van der Waals surface area contributed by atoms with Crippen molar-refractivity contribution in [1.29, 1.82) is 0 Å². The Kier molecular flexibility index (Phi) is 7.52. The van der Waals surface area contributed by atoms with Gasteiger partial charge in [-0.25, -0.2) is 0 Å². The molecule has 1 rings (SSSR count). The molecule has 7 nitrogen and oxygen atoms in total. The second-order valence-electron chi connectivity index (χ2n) is 4.86. The van der Waals surface area contributed by atoms with E-state index in [9.17, 15) is 14.4 Å². The first-order valence-corrected chi connectivity index (χ1v) is 8.05. The Hall–Kier alpha value is -1.28. The monoisotopic (exact) mass is 317 g/mol. The van der Waals surface area contributed by atoms with Gasteiger partial charge in [0.2, 0.25) is 11.8 Å². The molecule has 0 aliphatic carbocycles. The summed E-state index contributed by atoms with van der Waals surface area (Å²) in [5.41, 5.74) is 5.61. The van der Waals surface area contributed by atoms with Gasteiger partial charge in [0.15, 0.2) is 0 Å². The van der Waals surface area contributed by atoms with Gasteiger partial charge in [-0.3, -0.25) is 14.4 Å². The Morgan fingerprint density at radius 3 is 2.29 bits per heavy atom. The minimum absolute atomic E-state index is 0.0493. The van der Waals surface area contributed by atoms with Crippen LogP contribution >= 0.6 is 11.8 Å². The van der Waals surface area contributed by atoms with Gasteiger partial charge >= 0.3 is 5.97 Å². The van der Waals surface area contributed by atoms with Crippen LogP contribution in [0.2, 0.25) is 0 Å². The van der Waals surface area contributed by atoms with E-state index < -0.39 is 12.0 Å². The number of thioether (sulfide) groups is 1. The maximum atomic E-state index is 12.0. The number of nitrogens with zero attached hydrogens (tertiary/aromatic N) is 2. The van der Waals surface area contributed by atoms with Crippen LogP contribution in [-0.2, 0) is 19.1 Å². The number of carbonyl (C=O) groups excluding carboxylic acids is 3. The Labute approximate surface area is 129 Å². The van der Waals surface area contributed by atoms with E-state index >= 15 is 0 Å². The molecule has 8 heteroatoms. The Morgan fingerprint density at radius 1 is 1.19 bits per heavy atom. The van der Waals surface area contributed by atoms with Gasteiger partial charge in [0.05, 0.1) is 12.9 Å². The third-order valence-electron chi connectivity index (χ3n) is 3.38. The highest BCUT2D eigenvalue weighted by atomic mass is 32.2. The van der Waals surface area contributed by atoms with Crippen molar-refractivity contribution in [3.05, 3.63) is 0 Å². The maximum Gasteiger partial charge on any atom is 0.322 e. The third-order valence-corrected chi connectivity index (χ3v) is 4.36. The lowest BCUT2D eigenvalue weighted by Gasteiger charge is -2.34. The molecule has 0 spiro atoms. The zero-order valence-corrected chi connectivity index (χ0v) is 13.4. The number of methoxy groups -OCH3 is 1. The molecule has 21 heavy (non-hydrogen) atoms. The Bertz CT molecular complexity index is 384. The molecule has 0 radical (unpaired) electrons. The highest BCUT2D eigenvalue weighted by Gasteiger charge is 2.22. The van der Waals surface area contributed by atoms with E-state index in [1.807, 2.05) is 0 Å². The molecule has 2 N–H and O–H groups in total. The standard InChI is InChI=1S/C13H23N3O4S/c1-10(17)15-4-6-16(7-5-15)12(18)9-21-8-3-11(14)13(19)20-2/h11H,3-9,14H2,1-2H3. The minimum atomic E-state index is -0.628. The van der Waals surface area contributed by atoms with Crippen LogP contribution in [0, 0.1) is 0 Å². The van der Waals surface area contributed by atoms with Crippen LogP contribution in [0.1, 0.15) is 13.3 Å². The summed E-state index contributed by atoms with van der Waals surface area (Å²) in [5, 5.41) is 0. The number of esters is 1. The van der Waals surface area contributed by atoms with Gasteiger partial charge in [-0.2, -0.15) is 11.8 Å². The number of hydrogen-bond acceptors (Lipinski definition) is 6. The molecule has 0 saturated carbocycles. The van der Waals surface area contributed by atoms with Crippen LogP contribution in [0.25, 0.3) is 0 Å². The predicted octanol–water partition coefficient (Wildman–Crippen LogP) is -0.699. The lowest BCUT2D eigenvalue weighted by Crippen LogP contribution is -2.50. The average molecular weight is 317 g/mol. The summed E-state index contributed by atoms with van der Waals surface area (Å²) in [5.74, 6) is 0.689. The molecule has 1 fully saturated rings. The number of carbonyl (C=O) groups is 3. The minimum Gasteiger partial charge on any atom is -0.468 e. The van der Waals surface area contributed by atoms with Gasteiger partial charge in [0, 0.05) is 33.1 Å². The smallest absolute Gasteiger partial charge is 0.322 e. The van der Waals surface area contributed by atoms with Crippen molar-refractivity contribution in [3.8, 4) is 0 Å². The van der Waals surface area contributed by atoms with E-state index in [1.165, 1.54) is 25.8 Å². The van der Waals surface area contributed by atoms with Crippen molar-refractivity contribution in [1.82, 2.24) is 9.80 Å². The predicted molar refractivity (Wildman–Crippen MR) is 80.8 cm³/mol. The summed E-state index contributed by atoms with van der Waals surface area (Å²) in [6.07, 6.45) is 0.489. The first-order chi connectivity index (χ1) is 9.95. The Morgan fingerprint density at radius 2 is 1.76 bits per heavy atom.